The zero-order valence-electron chi connectivity index (χ0n) is 11.4. The van der Waals surface area contributed by atoms with Gasteiger partial charge in [-0.1, -0.05) is 30.3 Å². The Balaban J connectivity index is 2.14. The third kappa shape index (κ3) is 2.25. The molecule has 5 nitrogen and oxygen atoms in total. The van der Waals surface area contributed by atoms with Crippen molar-refractivity contribution in [3.63, 3.8) is 0 Å². The fourth-order valence-electron chi connectivity index (χ4n) is 2.18. The molecule has 0 aliphatic heterocycles. The van der Waals surface area contributed by atoms with E-state index >= 15 is 0 Å². The van der Waals surface area contributed by atoms with Crippen LogP contribution in [0.3, 0.4) is 0 Å². The number of aromatic nitrogens is 4. The molecule has 0 saturated carbocycles. The third-order valence-electron chi connectivity index (χ3n) is 3.03. The molecule has 5 heteroatoms. The highest BCUT2D eigenvalue weighted by atomic mass is 15.3. The Kier molecular flexibility index (Phi) is 2.95. The quantitative estimate of drug-likeness (QED) is 0.773. The molecule has 0 atom stereocenters. The van der Waals surface area contributed by atoms with E-state index in [9.17, 15) is 0 Å². The summed E-state index contributed by atoms with van der Waals surface area (Å²) in [6.45, 7) is 3.94. The maximum absolute atomic E-state index is 5.83. The van der Waals surface area contributed by atoms with Crippen LogP contribution in [-0.2, 0) is 0 Å². The molecule has 20 heavy (non-hydrogen) atoms. The number of nitrogens with zero attached hydrogens (tertiary/aromatic N) is 4. The number of rotatable bonds is 2. The fourth-order valence-corrected chi connectivity index (χ4v) is 2.18. The second-order valence-electron chi connectivity index (χ2n) is 4.67. The first kappa shape index (κ1) is 12.3. The maximum atomic E-state index is 5.83. The van der Waals surface area contributed by atoms with Crippen LogP contribution in [0.25, 0.3) is 17.1 Å². The van der Waals surface area contributed by atoms with Crippen molar-refractivity contribution in [1.29, 1.82) is 0 Å². The van der Waals surface area contributed by atoms with Crippen molar-refractivity contribution >= 4 is 5.95 Å². The van der Waals surface area contributed by atoms with Gasteiger partial charge in [-0.25, -0.2) is 9.67 Å². The highest BCUT2D eigenvalue weighted by Crippen LogP contribution is 2.20. The lowest BCUT2D eigenvalue weighted by Crippen LogP contribution is -2.06. The average molecular weight is 265 g/mol. The smallest absolute Gasteiger partial charge is 0.222 e. The lowest BCUT2D eigenvalue weighted by Gasteiger charge is -2.07. The Hall–Kier alpha value is -2.69. The molecule has 0 amide bonds. The molecule has 0 aliphatic rings. The number of hydrogen-bond donors (Lipinski definition) is 1. The van der Waals surface area contributed by atoms with E-state index in [1.54, 1.807) is 4.68 Å². The van der Waals surface area contributed by atoms with Gasteiger partial charge in [0.05, 0.1) is 11.4 Å². The summed E-state index contributed by atoms with van der Waals surface area (Å²) in [6, 6.07) is 13.8. The van der Waals surface area contributed by atoms with E-state index in [-0.39, 0.29) is 5.95 Å². The molecule has 3 aromatic rings. The fraction of sp³-hybridized carbons (Fsp3) is 0.133. The van der Waals surface area contributed by atoms with Crippen molar-refractivity contribution in [3.8, 4) is 17.1 Å². The Labute approximate surface area is 117 Å². The van der Waals surface area contributed by atoms with Crippen LogP contribution in [0.4, 0.5) is 5.95 Å². The average Bonchev–Trinajstić information content (AvgIpc) is 2.78. The van der Waals surface area contributed by atoms with Gasteiger partial charge < -0.3 is 5.73 Å². The van der Waals surface area contributed by atoms with Crippen LogP contribution in [-0.4, -0.2) is 19.7 Å². The van der Waals surface area contributed by atoms with Gasteiger partial charge in [0.1, 0.15) is 0 Å². The molecule has 2 N–H and O–H groups in total. The summed E-state index contributed by atoms with van der Waals surface area (Å²) in [5, 5.41) is 4.43. The van der Waals surface area contributed by atoms with Crippen LogP contribution in [0, 0.1) is 13.8 Å². The predicted octanol–water partition coefficient (Wildman–Crippen LogP) is 2.53. The Morgan fingerprint density at radius 2 is 1.75 bits per heavy atom. The molecule has 1 aromatic carbocycles. The molecule has 0 aliphatic carbocycles. The normalized spacial score (nSPS) is 10.7. The van der Waals surface area contributed by atoms with Crippen LogP contribution >= 0.6 is 0 Å². The summed E-state index contributed by atoms with van der Waals surface area (Å²) in [4.78, 5) is 8.56. The summed E-state index contributed by atoms with van der Waals surface area (Å²) < 4.78 is 1.78. The van der Waals surface area contributed by atoms with E-state index < -0.39 is 0 Å². The first-order valence-corrected chi connectivity index (χ1v) is 6.37. The van der Waals surface area contributed by atoms with Crippen molar-refractivity contribution in [2.75, 3.05) is 5.73 Å². The maximum Gasteiger partial charge on any atom is 0.222 e. The minimum atomic E-state index is 0.244. The van der Waals surface area contributed by atoms with E-state index in [0.29, 0.717) is 5.82 Å². The summed E-state index contributed by atoms with van der Waals surface area (Å²) in [7, 11) is 0. The van der Waals surface area contributed by atoms with Gasteiger partial charge in [-0.2, -0.15) is 10.1 Å². The molecular formula is C15H15N5. The first-order valence-electron chi connectivity index (χ1n) is 6.37. The van der Waals surface area contributed by atoms with E-state index in [1.807, 2.05) is 56.3 Å². The van der Waals surface area contributed by atoms with Crippen molar-refractivity contribution in [2.24, 2.45) is 0 Å². The molecule has 0 fully saturated rings. The monoisotopic (exact) mass is 265 g/mol. The van der Waals surface area contributed by atoms with Gasteiger partial charge in [0, 0.05) is 17.3 Å². The van der Waals surface area contributed by atoms with Crippen LogP contribution in [0.5, 0.6) is 0 Å². The zero-order valence-corrected chi connectivity index (χ0v) is 11.4. The van der Waals surface area contributed by atoms with Gasteiger partial charge in [0.25, 0.3) is 0 Å². The summed E-state index contributed by atoms with van der Waals surface area (Å²) in [5.74, 6) is 0.927. The number of benzene rings is 1. The minimum Gasteiger partial charge on any atom is -0.368 e. The van der Waals surface area contributed by atoms with Crippen LogP contribution in [0.1, 0.15) is 11.4 Å². The SMILES string of the molecule is Cc1cc(C)n(-c2cc(-c3ccccc3)nc(N)n2)n1. The zero-order chi connectivity index (χ0) is 14.1. The number of aryl methyl sites for hydroxylation is 2. The minimum absolute atomic E-state index is 0.244. The molecule has 100 valence electrons. The number of anilines is 1. The van der Waals surface area contributed by atoms with Gasteiger partial charge in [-0.05, 0) is 19.9 Å². The van der Waals surface area contributed by atoms with Crippen LogP contribution < -0.4 is 5.73 Å². The van der Waals surface area contributed by atoms with Gasteiger partial charge in [0.15, 0.2) is 5.82 Å². The largest absolute Gasteiger partial charge is 0.368 e. The van der Waals surface area contributed by atoms with E-state index in [4.69, 9.17) is 5.73 Å². The van der Waals surface area contributed by atoms with Crippen molar-refractivity contribution in [1.82, 2.24) is 19.7 Å². The molecule has 0 unspecified atom stereocenters. The van der Waals surface area contributed by atoms with Gasteiger partial charge in [0.2, 0.25) is 5.95 Å². The van der Waals surface area contributed by atoms with Gasteiger partial charge >= 0.3 is 0 Å². The lowest BCUT2D eigenvalue weighted by molar-refractivity contribution is 0.804. The second kappa shape index (κ2) is 4.77. The number of hydrogen-bond acceptors (Lipinski definition) is 4. The van der Waals surface area contributed by atoms with Crippen molar-refractivity contribution < 1.29 is 0 Å². The predicted molar refractivity (Wildman–Crippen MR) is 78.5 cm³/mol. The molecular weight excluding hydrogens is 250 g/mol. The molecule has 0 spiro atoms. The second-order valence-corrected chi connectivity index (χ2v) is 4.67. The molecule has 2 heterocycles. The summed E-state index contributed by atoms with van der Waals surface area (Å²) >= 11 is 0. The van der Waals surface area contributed by atoms with E-state index in [0.717, 1.165) is 22.6 Å². The van der Waals surface area contributed by atoms with E-state index in [2.05, 4.69) is 15.1 Å². The Morgan fingerprint density at radius 3 is 2.40 bits per heavy atom. The van der Waals surface area contributed by atoms with Crippen molar-refractivity contribution in [3.05, 3.63) is 53.9 Å². The molecule has 2 aromatic heterocycles. The third-order valence-corrected chi connectivity index (χ3v) is 3.03. The summed E-state index contributed by atoms with van der Waals surface area (Å²) in [6.07, 6.45) is 0. The first-order chi connectivity index (χ1) is 9.63. The Morgan fingerprint density at radius 1 is 1.00 bits per heavy atom. The lowest BCUT2D eigenvalue weighted by atomic mass is 10.1. The number of nitrogen functional groups attached to an aromatic ring is 1. The number of nitrogens with two attached hydrogens (primary N) is 1. The van der Waals surface area contributed by atoms with Crippen LogP contribution in [0.2, 0.25) is 0 Å². The highest BCUT2D eigenvalue weighted by molar-refractivity contribution is 5.62. The van der Waals surface area contributed by atoms with E-state index in [1.165, 1.54) is 0 Å². The molecule has 3 rings (SSSR count). The molecule has 0 saturated heterocycles. The molecule has 0 radical (unpaired) electrons. The summed E-state index contributed by atoms with van der Waals surface area (Å²) in [5.41, 5.74) is 9.58. The Bertz CT molecular complexity index is 746. The van der Waals surface area contributed by atoms with Gasteiger partial charge in [-0.15, -0.1) is 0 Å². The van der Waals surface area contributed by atoms with Gasteiger partial charge in [-0.3, -0.25) is 0 Å². The highest BCUT2D eigenvalue weighted by Gasteiger charge is 2.09. The topological polar surface area (TPSA) is 69.6 Å². The van der Waals surface area contributed by atoms with Crippen molar-refractivity contribution in [2.45, 2.75) is 13.8 Å². The molecule has 0 bridgehead atoms. The van der Waals surface area contributed by atoms with Crippen LogP contribution in [0.15, 0.2) is 42.5 Å². The standard InChI is InChI=1S/C15H15N5/c1-10-8-11(2)20(19-10)14-9-13(17-15(16)18-14)12-6-4-3-5-7-12/h3-9H,1-2H3,(H2,16,17,18).